The van der Waals surface area contributed by atoms with E-state index in [2.05, 4.69) is 17.2 Å². The lowest BCUT2D eigenvalue weighted by Gasteiger charge is -2.30. The average molecular weight is 586 g/mol. The van der Waals surface area contributed by atoms with E-state index < -0.39 is 53.9 Å². The topological polar surface area (TPSA) is 166 Å². The molecule has 0 aromatic carbocycles. The molecule has 2 aliphatic rings. The van der Waals surface area contributed by atoms with E-state index in [9.17, 15) is 24.3 Å². The zero-order valence-corrected chi connectivity index (χ0v) is 25.1. The van der Waals surface area contributed by atoms with Crippen molar-refractivity contribution in [3.63, 3.8) is 0 Å². The number of ketones is 2. The van der Waals surface area contributed by atoms with E-state index >= 15 is 0 Å². The molecule has 0 aromatic heterocycles. The number of hydrogen-bond donors (Lipinski definition) is 4. The number of ether oxygens (including phenoxy) is 3. The standard InChI is InChI=1S/C31H43N3O8/c1-8-12-33-26-21-13-17(2)14-25(41-7)27(36)19(4)15-20(5)29(42-31(32)39)24(40-6)11-9-10-18(3)30(38)34-22(28(21)37)16-23(26)35/h8-11,15-17,19,24-25,27,29,33,36H,1,12-14H2,2-7H3,(H2,32,39)(H,34,38)/b11-9?,18-10+,20-15-/t17-,19+,24+,25+,27-,29?/m0/s1. The Kier molecular flexibility index (Phi) is 13.1. The number of rotatable bonds is 6. The fraction of sp³-hybridized carbons (Fsp3) is 0.484. The SMILES string of the molecule is C=CCNC1=C2C[C@H](C)C[C@@H](OC)[C@@H](O)[C@H](C)/C=C(/C)C(OC(N)=O)[C@H](OC)C=C/C=C(\C)C(=O)NC(=CC1=O)C2=O. The number of aliphatic hydroxyl groups excluding tert-OH is 1. The molecular formula is C31H43N3O8. The summed E-state index contributed by atoms with van der Waals surface area (Å²) in [7, 11) is 2.92. The lowest BCUT2D eigenvalue weighted by Crippen LogP contribution is -2.37. The predicted molar refractivity (Wildman–Crippen MR) is 158 cm³/mol. The molecule has 0 saturated heterocycles. The molecule has 6 atom stereocenters. The molecule has 0 aromatic rings. The number of primary amides is 1. The summed E-state index contributed by atoms with van der Waals surface area (Å²) in [4.78, 5) is 51.3. The molecule has 0 spiro atoms. The van der Waals surface area contributed by atoms with Gasteiger partial charge in [0, 0.05) is 43.9 Å². The number of aliphatic hydroxyl groups is 1. The first-order chi connectivity index (χ1) is 19.8. The van der Waals surface area contributed by atoms with Crippen LogP contribution < -0.4 is 16.4 Å². The lowest BCUT2D eigenvalue weighted by atomic mass is 9.85. The van der Waals surface area contributed by atoms with Crippen molar-refractivity contribution in [1.82, 2.24) is 10.6 Å². The quantitative estimate of drug-likeness (QED) is 0.271. The van der Waals surface area contributed by atoms with Gasteiger partial charge in [-0.05, 0) is 38.2 Å². The molecule has 11 heteroatoms. The van der Waals surface area contributed by atoms with Gasteiger partial charge in [-0.25, -0.2) is 4.79 Å². The van der Waals surface area contributed by atoms with Gasteiger partial charge in [0.1, 0.15) is 6.10 Å². The molecular weight excluding hydrogens is 542 g/mol. The zero-order chi connectivity index (χ0) is 31.6. The fourth-order valence-corrected chi connectivity index (χ4v) is 4.95. The van der Waals surface area contributed by atoms with Gasteiger partial charge in [0.05, 0.1) is 23.6 Å². The number of nitrogens with two attached hydrogens (primary N) is 1. The molecule has 230 valence electrons. The zero-order valence-electron chi connectivity index (χ0n) is 25.1. The van der Waals surface area contributed by atoms with E-state index in [-0.39, 0.29) is 41.4 Å². The number of Topliss-reactive ketones (excluding diaryl/α,β-unsaturated/α-hetero) is 1. The van der Waals surface area contributed by atoms with Gasteiger partial charge in [0.2, 0.25) is 11.6 Å². The molecule has 5 N–H and O–H groups in total. The maximum absolute atomic E-state index is 13.5. The second-order valence-electron chi connectivity index (χ2n) is 10.6. The van der Waals surface area contributed by atoms with E-state index in [0.29, 0.717) is 12.0 Å². The summed E-state index contributed by atoms with van der Waals surface area (Å²) in [5, 5.41) is 16.7. The van der Waals surface area contributed by atoms with Crippen molar-refractivity contribution in [2.24, 2.45) is 17.6 Å². The maximum Gasteiger partial charge on any atom is 0.405 e. The van der Waals surface area contributed by atoms with Gasteiger partial charge < -0.3 is 35.7 Å². The molecule has 0 fully saturated rings. The van der Waals surface area contributed by atoms with Gasteiger partial charge in [-0.15, -0.1) is 6.58 Å². The number of allylic oxidation sites excluding steroid dienone is 4. The van der Waals surface area contributed by atoms with Crippen molar-refractivity contribution in [3.05, 3.63) is 71.1 Å². The second-order valence-corrected chi connectivity index (χ2v) is 10.6. The Hall–Kier alpha value is -3.80. The van der Waals surface area contributed by atoms with Crippen molar-refractivity contribution in [2.75, 3.05) is 20.8 Å². The number of fused-ring (bicyclic) bond motifs is 2. The highest BCUT2D eigenvalue weighted by molar-refractivity contribution is 6.23. The Morgan fingerprint density at radius 2 is 1.90 bits per heavy atom. The second kappa shape index (κ2) is 16.0. The van der Waals surface area contributed by atoms with Crippen LogP contribution in [0.25, 0.3) is 0 Å². The van der Waals surface area contributed by atoms with Crippen molar-refractivity contribution >= 4 is 23.6 Å². The Morgan fingerprint density at radius 1 is 1.21 bits per heavy atom. The van der Waals surface area contributed by atoms with E-state index in [4.69, 9.17) is 19.9 Å². The van der Waals surface area contributed by atoms with Crippen LogP contribution in [-0.2, 0) is 28.6 Å². The molecule has 2 bridgehead atoms. The van der Waals surface area contributed by atoms with Crippen LogP contribution in [0.3, 0.4) is 0 Å². The molecule has 1 heterocycles. The normalized spacial score (nSPS) is 30.8. The fourth-order valence-electron chi connectivity index (χ4n) is 4.95. The minimum absolute atomic E-state index is 0.132. The summed E-state index contributed by atoms with van der Waals surface area (Å²) in [5.74, 6) is -2.14. The van der Waals surface area contributed by atoms with Crippen LogP contribution in [0.2, 0.25) is 0 Å². The highest BCUT2D eigenvalue weighted by Gasteiger charge is 2.33. The largest absolute Gasteiger partial charge is 0.439 e. The van der Waals surface area contributed by atoms with Crippen LogP contribution >= 0.6 is 0 Å². The Labute approximate surface area is 247 Å². The summed E-state index contributed by atoms with van der Waals surface area (Å²) < 4.78 is 16.6. The van der Waals surface area contributed by atoms with Crippen LogP contribution in [-0.4, -0.2) is 73.9 Å². The highest BCUT2D eigenvalue weighted by Crippen LogP contribution is 2.28. The van der Waals surface area contributed by atoms with Gasteiger partial charge in [-0.2, -0.15) is 0 Å². The minimum atomic E-state index is -1.00. The van der Waals surface area contributed by atoms with Crippen LogP contribution in [0.5, 0.6) is 0 Å². The first kappa shape index (κ1) is 34.4. The summed E-state index contributed by atoms with van der Waals surface area (Å²) in [5.41, 5.74) is 6.42. The number of amides is 2. The monoisotopic (exact) mass is 585 g/mol. The van der Waals surface area contributed by atoms with E-state index in [1.54, 1.807) is 45.1 Å². The third-order valence-corrected chi connectivity index (χ3v) is 7.22. The van der Waals surface area contributed by atoms with Gasteiger partial charge in [-0.3, -0.25) is 14.4 Å². The average Bonchev–Trinajstić information content (AvgIpc) is 2.94. The Morgan fingerprint density at radius 3 is 2.50 bits per heavy atom. The van der Waals surface area contributed by atoms with Gasteiger partial charge >= 0.3 is 6.09 Å². The summed E-state index contributed by atoms with van der Waals surface area (Å²) in [6.07, 6.45) is 5.34. The predicted octanol–water partition coefficient (Wildman–Crippen LogP) is 2.54. The van der Waals surface area contributed by atoms with Crippen molar-refractivity contribution in [3.8, 4) is 0 Å². The van der Waals surface area contributed by atoms with Crippen molar-refractivity contribution < 1.29 is 38.5 Å². The number of hydrogen-bond acceptors (Lipinski definition) is 9. The molecule has 2 rings (SSSR count). The van der Waals surface area contributed by atoms with Gasteiger partial charge in [-0.1, -0.05) is 44.2 Å². The molecule has 1 unspecified atom stereocenters. The third kappa shape index (κ3) is 9.10. The van der Waals surface area contributed by atoms with Gasteiger partial charge in [0.15, 0.2) is 6.10 Å². The molecule has 11 nitrogen and oxygen atoms in total. The molecule has 42 heavy (non-hydrogen) atoms. The van der Waals surface area contributed by atoms with Crippen LogP contribution in [0, 0.1) is 11.8 Å². The first-order valence-electron chi connectivity index (χ1n) is 13.8. The van der Waals surface area contributed by atoms with E-state index in [1.165, 1.54) is 20.3 Å². The molecule has 0 saturated carbocycles. The molecule has 1 aliphatic heterocycles. The van der Waals surface area contributed by atoms with Crippen molar-refractivity contribution in [2.45, 2.75) is 65.0 Å². The maximum atomic E-state index is 13.5. The smallest absolute Gasteiger partial charge is 0.405 e. The first-order valence-corrected chi connectivity index (χ1v) is 13.8. The number of nitrogens with one attached hydrogen (secondary N) is 2. The molecule has 1 aliphatic carbocycles. The van der Waals surface area contributed by atoms with E-state index in [1.807, 2.05) is 6.92 Å². The van der Waals surface area contributed by atoms with Gasteiger partial charge in [0.25, 0.3) is 5.91 Å². The third-order valence-electron chi connectivity index (χ3n) is 7.22. The minimum Gasteiger partial charge on any atom is -0.439 e. The number of carbonyl (C=O) groups excluding carboxylic acids is 4. The Balaban J connectivity index is 2.62. The summed E-state index contributed by atoms with van der Waals surface area (Å²) in [6, 6.07) is 0. The number of methoxy groups -OCH3 is 2. The van der Waals surface area contributed by atoms with E-state index in [0.717, 1.165) is 6.08 Å². The number of carbonyl (C=O) groups is 4. The van der Waals surface area contributed by atoms with Crippen LogP contribution in [0.15, 0.2) is 71.1 Å². The Bertz CT molecular complexity index is 1210. The summed E-state index contributed by atoms with van der Waals surface area (Å²) in [6.45, 7) is 10.9. The summed E-state index contributed by atoms with van der Waals surface area (Å²) >= 11 is 0. The van der Waals surface area contributed by atoms with Crippen molar-refractivity contribution in [1.29, 1.82) is 0 Å². The van der Waals surface area contributed by atoms with Crippen LogP contribution in [0.1, 0.15) is 40.5 Å². The highest BCUT2D eigenvalue weighted by atomic mass is 16.6. The van der Waals surface area contributed by atoms with Crippen LogP contribution in [0.4, 0.5) is 4.79 Å². The molecule has 0 radical (unpaired) electrons. The lowest BCUT2D eigenvalue weighted by molar-refractivity contribution is -0.120. The molecule has 2 amide bonds.